The fraction of sp³-hybridized carbons (Fsp3) is 0.417. The molecule has 1 heteroatoms. The van der Waals surface area contributed by atoms with Crippen molar-refractivity contribution in [1.82, 2.24) is 0 Å². The van der Waals surface area contributed by atoms with Crippen molar-refractivity contribution in [2.75, 3.05) is 0 Å². The van der Waals surface area contributed by atoms with Gasteiger partial charge in [-0.25, -0.2) is 0 Å². The van der Waals surface area contributed by atoms with Crippen LogP contribution >= 0.6 is 0 Å². The lowest BCUT2D eigenvalue weighted by molar-refractivity contribution is 0.0952. The van der Waals surface area contributed by atoms with E-state index in [4.69, 9.17) is 0 Å². The average molecular weight is 174 g/mol. The highest BCUT2D eigenvalue weighted by molar-refractivity contribution is 5.99. The minimum absolute atomic E-state index is 0.326. The average Bonchev–Trinajstić information content (AvgIpc) is 2.02. The van der Waals surface area contributed by atoms with Gasteiger partial charge in [0.25, 0.3) is 0 Å². The summed E-state index contributed by atoms with van der Waals surface area (Å²) in [5.41, 5.74) is 3.36. The van der Waals surface area contributed by atoms with E-state index in [2.05, 4.69) is 13.0 Å². The summed E-state index contributed by atoms with van der Waals surface area (Å²) < 4.78 is 0. The van der Waals surface area contributed by atoms with E-state index in [1.165, 1.54) is 5.56 Å². The van der Waals surface area contributed by atoms with Gasteiger partial charge in [0.15, 0.2) is 5.78 Å². The molecular formula is C12H14O. The van der Waals surface area contributed by atoms with Crippen LogP contribution in [0.5, 0.6) is 0 Å². The number of carbonyl (C=O) groups excluding carboxylic acids is 1. The van der Waals surface area contributed by atoms with Crippen molar-refractivity contribution < 1.29 is 4.79 Å². The molecular weight excluding hydrogens is 160 g/mol. The molecule has 0 spiro atoms. The van der Waals surface area contributed by atoms with Crippen LogP contribution in [0.15, 0.2) is 18.2 Å². The van der Waals surface area contributed by atoms with Crippen molar-refractivity contribution in [2.24, 2.45) is 5.92 Å². The molecule has 0 fully saturated rings. The second-order valence-corrected chi connectivity index (χ2v) is 4.05. The van der Waals surface area contributed by atoms with Gasteiger partial charge in [0.05, 0.1) is 0 Å². The van der Waals surface area contributed by atoms with Gasteiger partial charge in [0, 0.05) is 12.0 Å². The van der Waals surface area contributed by atoms with Crippen LogP contribution in [-0.2, 0) is 6.42 Å². The second-order valence-electron chi connectivity index (χ2n) is 4.05. The Hall–Kier alpha value is -1.11. The van der Waals surface area contributed by atoms with Crippen LogP contribution in [0.1, 0.15) is 34.8 Å². The monoisotopic (exact) mass is 174 g/mol. The van der Waals surface area contributed by atoms with Crippen LogP contribution < -0.4 is 0 Å². The molecule has 1 atom stereocenters. The van der Waals surface area contributed by atoms with Crippen molar-refractivity contribution in [3.63, 3.8) is 0 Å². The normalized spacial score (nSPS) is 21.4. The molecule has 0 aromatic heterocycles. The van der Waals surface area contributed by atoms with Gasteiger partial charge in [-0.1, -0.05) is 25.1 Å². The standard InChI is InChI=1S/C12H14O/c1-8-6-10-5-3-4-9(2)12(10)11(13)7-8/h3-5,8H,6-7H2,1-2H3. The molecule has 0 saturated carbocycles. The van der Waals surface area contributed by atoms with E-state index in [9.17, 15) is 4.79 Å². The van der Waals surface area contributed by atoms with E-state index in [1.807, 2.05) is 19.1 Å². The van der Waals surface area contributed by atoms with Crippen LogP contribution in [0.3, 0.4) is 0 Å². The van der Waals surface area contributed by atoms with Gasteiger partial charge in [0.2, 0.25) is 0 Å². The zero-order valence-corrected chi connectivity index (χ0v) is 8.13. The van der Waals surface area contributed by atoms with Gasteiger partial charge in [-0.3, -0.25) is 4.79 Å². The summed E-state index contributed by atoms with van der Waals surface area (Å²) >= 11 is 0. The van der Waals surface area contributed by atoms with E-state index in [0.29, 0.717) is 11.7 Å². The SMILES string of the molecule is Cc1cccc2c1C(=O)CC(C)C2. The molecule has 0 radical (unpaired) electrons. The Balaban J connectivity index is 2.55. The number of ketones is 1. The van der Waals surface area contributed by atoms with Gasteiger partial charge in [-0.2, -0.15) is 0 Å². The van der Waals surface area contributed by atoms with E-state index in [1.54, 1.807) is 0 Å². The van der Waals surface area contributed by atoms with Crippen LogP contribution in [0.4, 0.5) is 0 Å². The third-order valence-corrected chi connectivity index (χ3v) is 2.74. The van der Waals surface area contributed by atoms with Crippen molar-refractivity contribution in [3.05, 3.63) is 34.9 Å². The first kappa shape index (κ1) is 8.49. The predicted octanol–water partition coefficient (Wildman–Crippen LogP) is 2.76. The lowest BCUT2D eigenvalue weighted by Crippen LogP contribution is -2.18. The molecule has 1 aromatic carbocycles. The molecule has 0 N–H and O–H groups in total. The second kappa shape index (κ2) is 2.99. The maximum absolute atomic E-state index is 11.7. The Labute approximate surface area is 78.8 Å². The first-order valence-corrected chi connectivity index (χ1v) is 4.80. The summed E-state index contributed by atoms with van der Waals surface area (Å²) in [7, 11) is 0. The maximum atomic E-state index is 11.7. The summed E-state index contributed by atoms with van der Waals surface area (Å²) in [5, 5.41) is 0. The highest BCUT2D eigenvalue weighted by Crippen LogP contribution is 2.27. The predicted molar refractivity (Wildman–Crippen MR) is 53.0 cm³/mol. The molecule has 1 nitrogen and oxygen atoms in total. The van der Waals surface area contributed by atoms with E-state index >= 15 is 0 Å². The van der Waals surface area contributed by atoms with Crippen LogP contribution in [0, 0.1) is 12.8 Å². The lowest BCUT2D eigenvalue weighted by Gasteiger charge is -2.21. The van der Waals surface area contributed by atoms with E-state index in [-0.39, 0.29) is 0 Å². The Morgan fingerprint density at radius 2 is 2.08 bits per heavy atom. The molecule has 0 saturated heterocycles. The summed E-state index contributed by atoms with van der Waals surface area (Å²) in [5.74, 6) is 0.841. The number of hydrogen-bond donors (Lipinski definition) is 0. The third-order valence-electron chi connectivity index (χ3n) is 2.74. The van der Waals surface area contributed by atoms with Crippen molar-refractivity contribution >= 4 is 5.78 Å². The highest BCUT2D eigenvalue weighted by atomic mass is 16.1. The molecule has 0 bridgehead atoms. The van der Waals surface area contributed by atoms with Gasteiger partial charge in [-0.15, -0.1) is 0 Å². The molecule has 13 heavy (non-hydrogen) atoms. The molecule has 0 amide bonds. The number of aryl methyl sites for hydroxylation is 1. The van der Waals surface area contributed by atoms with Crippen LogP contribution in [0.25, 0.3) is 0 Å². The van der Waals surface area contributed by atoms with Gasteiger partial charge >= 0.3 is 0 Å². The minimum Gasteiger partial charge on any atom is -0.294 e. The summed E-state index contributed by atoms with van der Waals surface area (Å²) in [6, 6.07) is 6.14. The highest BCUT2D eigenvalue weighted by Gasteiger charge is 2.22. The minimum atomic E-state index is 0.326. The summed E-state index contributed by atoms with van der Waals surface area (Å²) in [6.07, 6.45) is 1.78. The largest absolute Gasteiger partial charge is 0.294 e. The molecule has 0 aliphatic heterocycles. The summed E-state index contributed by atoms with van der Waals surface area (Å²) in [4.78, 5) is 11.7. The fourth-order valence-electron chi connectivity index (χ4n) is 2.16. The van der Waals surface area contributed by atoms with E-state index < -0.39 is 0 Å². The molecule has 68 valence electrons. The molecule has 2 rings (SSSR count). The number of Topliss-reactive ketones (excluding diaryl/α,β-unsaturated/α-hetero) is 1. The van der Waals surface area contributed by atoms with Crippen LogP contribution in [-0.4, -0.2) is 5.78 Å². The molecule has 1 aromatic rings. The zero-order chi connectivity index (χ0) is 9.42. The summed E-state index contributed by atoms with van der Waals surface area (Å²) in [6.45, 7) is 4.16. The smallest absolute Gasteiger partial charge is 0.163 e. The molecule has 1 aliphatic carbocycles. The first-order valence-electron chi connectivity index (χ1n) is 4.80. The lowest BCUT2D eigenvalue weighted by atomic mass is 9.82. The molecule has 1 aliphatic rings. The molecule has 1 unspecified atom stereocenters. The van der Waals surface area contributed by atoms with Gasteiger partial charge in [-0.05, 0) is 30.4 Å². The van der Waals surface area contributed by atoms with Crippen molar-refractivity contribution in [2.45, 2.75) is 26.7 Å². The van der Waals surface area contributed by atoms with Gasteiger partial charge < -0.3 is 0 Å². The zero-order valence-electron chi connectivity index (χ0n) is 8.13. The quantitative estimate of drug-likeness (QED) is 0.591. The Morgan fingerprint density at radius 3 is 2.85 bits per heavy atom. The number of hydrogen-bond acceptors (Lipinski definition) is 1. The topological polar surface area (TPSA) is 17.1 Å². The molecule has 0 heterocycles. The Kier molecular flexibility index (Phi) is 1.95. The third kappa shape index (κ3) is 1.39. The number of carbonyl (C=O) groups is 1. The Bertz CT molecular complexity index is 352. The van der Waals surface area contributed by atoms with Crippen LogP contribution in [0.2, 0.25) is 0 Å². The van der Waals surface area contributed by atoms with Crippen molar-refractivity contribution in [1.29, 1.82) is 0 Å². The van der Waals surface area contributed by atoms with Gasteiger partial charge in [0.1, 0.15) is 0 Å². The number of fused-ring (bicyclic) bond motifs is 1. The first-order chi connectivity index (χ1) is 6.18. The maximum Gasteiger partial charge on any atom is 0.163 e. The Morgan fingerprint density at radius 1 is 1.31 bits per heavy atom. The fourth-order valence-corrected chi connectivity index (χ4v) is 2.16. The van der Waals surface area contributed by atoms with Crippen molar-refractivity contribution in [3.8, 4) is 0 Å². The van der Waals surface area contributed by atoms with E-state index in [0.717, 1.165) is 24.0 Å². The number of benzene rings is 1. The number of rotatable bonds is 0.